The van der Waals surface area contributed by atoms with Crippen LogP contribution in [0.15, 0.2) is 71.5 Å². The van der Waals surface area contributed by atoms with Gasteiger partial charge in [-0.3, -0.25) is 4.40 Å². The number of benzene rings is 1. The molecule has 1 aromatic carbocycles. The van der Waals surface area contributed by atoms with Crippen LogP contribution in [0.5, 0.6) is 0 Å². The summed E-state index contributed by atoms with van der Waals surface area (Å²) in [6, 6.07) is 18.2. The zero-order valence-electron chi connectivity index (χ0n) is 12.9. The first-order valence-corrected chi connectivity index (χ1v) is 7.61. The average molecular weight is 303 g/mol. The molecule has 4 rings (SSSR count). The van der Waals surface area contributed by atoms with Gasteiger partial charge in [0.05, 0.1) is 12.8 Å². The molecule has 0 saturated heterocycles. The lowest BCUT2D eigenvalue weighted by Gasteiger charge is -2.08. The molecule has 3 aromatic heterocycles. The van der Waals surface area contributed by atoms with Crippen molar-refractivity contribution in [2.75, 3.05) is 5.32 Å². The Kier molecular flexibility index (Phi) is 3.35. The van der Waals surface area contributed by atoms with Gasteiger partial charge in [-0.1, -0.05) is 36.4 Å². The van der Waals surface area contributed by atoms with Gasteiger partial charge < -0.3 is 9.73 Å². The summed E-state index contributed by atoms with van der Waals surface area (Å²) >= 11 is 0. The van der Waals surface area contributed by atoms with Crippen molar-refractivity contribution in [2.24, 2.45) is 0 Å². The van der Waals surface area contributed by atoms with Gasteiger partial charge in [-0.25, -0.2) is 4.98 Å². The molecule has 0 aliphatic rings. The molecule has 1 N–H and O–H groups in total. The van der Waals surface area contributed by atoms with Gasteiger partial charge in [0.15, 0.2) is 0 Å². The number of nitrogens with zero attached hydrogens (tertiary/aromatic N) is 2. The van der Waals surface area contributed by atoms with E-state index in [4.69, 9.17) is 9.40 Å². The van der Waals surface area contributed by atoms with Gasteiger partial charge in [0.1, 0.15) is 22.9 Å². The molecule has 0 fully saturated rings. The van der Waals surface area contributed by atoms with E-state index in [1.807, 2.05) is 36.4 Å². The molecule has 0 amide bonds. The maximum Gasteiger partial charge on any atom is 0.139 e. The molecule has 0 aliphatic heterocycles. The Morgan fingerprint density at radius 1 is 1.04 bits per heavy atom. The number of furan rings is 1. The van der Waals surface area contributed by atoms with Crippen LogP contribution in [0.25, 0.3) is 16.9 Å². The molecule has 0 unspecified atom stereocenters. The Hall–Kier alpha value is -3.01. The van der Waals surface area contributed by atoms with Crippen molar-refractivity contribution in [1.82, 2.24) is 9.38 Å². The Labute approximate surface area is 134 Å². The van der Waals surface area contributed by atoms with Crippen LogP contribution in [0.2, 0.25) is 0 Å². The quantitative estimate of drug-likeness (QED) is 0.603. The monoisotopic (exact) mass is 303 g/mol. The summed E-state index contributed by atoms with van der Waals surface area (Å²) in [4.78, 5) is 4.79. The van der Waals surface area contributed by atoms with Crippen molar-refractivity contribution in [3.8, 4) is 11.3 Å². The van der Waals surface area contributed by atoms with Gasteiger partial charge in [-0.2, -0.15) is 0 Å². The van der Waals surface area contributed by atoms with Crippen molar-refractivity contribution in [2.45, 2.75) is 13.5 Å². The van der Waals surface area contributed by atoms with Crippen molar-refractivity contribution in [3.05, 3.63) is 78.4 Å². The molecule has 0 radical (unpaired) electrons. The van der Waals surface area contributed by atoms with Gasteiger partial charge >= 0.3 is 0 Å². The first-order valence-electron chi connectivity index (χ1n) is 7.61. The Bertz CT molecular complexity index is 924. The Morgan fingerprint density at radius 3 is 2.70 bits per heavy atom. The zero-order chi connectivity index (χ0) is 15.6. The molecule has 0 aliphatic carbocycles. The van der Waals surface area contributed by atoms with Crippen LogP contribution in [0.1, 0.15) is 11.3 Å². The number of imidazole rings is 1. The van der Waals surface area contributed by atoms with Gasteiger partial charge in [0.2, 0.25) is 0 Å². The lowest BCUT2D eigenvalue weighted by atomic mass is 10.1. The Balaban J connectivity index is 1.82. The van der Waals surface area contributed by atoms with Gasteiger partial charge in [0.25, 0.3) is 0 Å². The van der Waals surface area contributed by atoms with Crippen LogP contribution in [0, 0.1) is 6.92 Å². The standard InChI is InChI=1S/C19H17N3O/c1-14-9-10-17-21-18(15-6-3-2-4-7-15)19(22(17)13-14)20-12-16-8-5-11-23-16/h2-11,13,20H,12H2,1H3. The molecule has 23 heavy (non-hydrogen) atoms. The minimum absolute atomic E-state index is 0.620. The second-order valence-corrected chi connectivity index (χ2v) is 5.54. The number of hydrogen-bond donors (Lipinski definition) is 1. The number of hydrogen-bond acceptors (Lipinski definition) is 3. The van der Waals surface area contributed by atoms with E-state index >= 15 is 0 Å². The molecule has 0 bridgehead atoms. The fraction of sp³-hybridized carbons (Fsp3) is 0.105. The van der Waals surface area contributed by atoms with E-state index in [2.05, 4.69) is 41.0 Å². The fourth-order valence-electron chi connectivity index (χ4n) is 2.70. The van der Waals surface area contributed by atoms with Gasteiger partial charge in [-0.15, -0.1) is 0 Å². The number of rotatable bonds is 4. The highest BCUT2D eigenvalue weighted by Crippen LogP contribution is 2.29. The van der Waals surface area contributed by atoms with Crippen LogP contribution < -0.4 is 5.32 Å². The topological polar surface area (TPSA) is 42.5 Å². The third kappa shape index (κ3) is 2.59. The van der Waals surface area contributed by atoms with Crippen molar-refractivity contribution in [1.29, 1.82) is 0 Å². The van der Waals surface area contributed by atoms with Crippen LogP contribution in [0.3, 0.4) is 0 Å². The molecule has 114 valence electrons. The smallest absolute Gasteiger partial charge is 0.139 e. The van der Waals surface area contributed by atoms with Crippen LogP contribution in [-0.2, 0) is 6.54 Å². The second kappa shape index (κ2) is 5.65. The third-order valence-corrected chi connectivity index (χ3v) is 3.82. The van der Waals surface area contributed by atoms with E-state index in [0.717, 1.165) is 28.5 Å². The normalized spacial score (nSPS) is 11.0. The number of anilines is 1. The van der Waals surface area contributed by atoms with Crippen molar-refractivity contribution >= 4 is 11.5 Å². The lowest BCUT2D eigenvalue weighted by molar-refractivity contribution is 0.518. The highest BCUT2D eigenvalue weighted by atomic mass is 16.3. The van der Waals surface area contributed by atoms with Crippen LogP contribution in [0.4, 0.5) is 5.82 Å². The predicted molar refractivity (Wildman–Crippen MR) is 91.4 cm³/mol. The molecular weight excluding hydrogens is 286 g/mol. The summed E-state index contributed by atoms with van der Waals surface area (Å²) in [5.41, 5.74) is 4.16. The molecule has 0 spiro atoms. The molecular formula is C19H17N3O. The first-order chi connectivity index (χ1) is 11.3. The number of fused-ring (bicyclic) bond motifs is 1. The largest absolute Gasteiger partial charge is 0.467 e. The van der Waals surface area contributed by atoms with E-state index < -0.39 is 0 Å². The molecule has 0 atom stereocenters. The van der Waals surface area contributed by atoms with Gasteiger partial charge in [-0.05, 0) is 30.7 Å². The van der Waals surface area contributed by atoms with Crippen LogP contribution in [-0.4, -0.2) is 9.38 Å². The number of aromatic nitrogens is 2. The molecule has 0 saturated carbocycles. The summed E-state index contributed by atoms with van der Waals surface area (Å²) in [6.07, 6.45) is 3.78. The minimum atomic E-state index is 0.620. The number of nitrogens with one attached hydrogen (secondary N) is 1. The second-order valence-electron chi connectivity index (χ2n) is 5.54. The highest BCUT2D eigenvalue weighted by Gasteiger charge is 2.14. The third-order valence-electron chi connectivity index (χ3n) is 3.82. The van der Waals surface area contributed by atoms with E-state index in [1.54, 1.807) is 6.26 Å². The van der Waals surface area contributed by atoms with E-state index in [-0.39, 0.29) is 0 Å². The van der Waals surface area contributed by atoms with Crippen LogP contribution >= 0.6 is 0 Å². The lowest BCUT2D eigenvalue weighted by Crippen LogP contribution is -2.02. The zero-order valence-corrected chi connectivity index (χ0v) is 12.9. The molecule has 4 aromatic rings. The minimum Gasteiger partial charge on any atom is -0.467 e. The number of pyridine rings is 1. The van der Waals surface area contributed by atoms with E-state index in [0.29, 0.717) is 6.54 Å². The maximum absolute atomic E-state index is 5.42. The molecule has 3 heterocycles. The van der Waals surface area contributed by atoms with E-state index in [9.17, 15) is 0 Å². The summed E-state index contributed by atoms with van der Waals surface area (Å²) in [5, 5.41) is 3.47. The van der Waals surface area contributed by atoms with Crippen molar-refractivity contribution < 1.29 is 4.42 Å². The van der Waals surface area contributed by atoms with E-state index in [1.165, 1.54) is 5.56 Å². The summed E-state index contributed by atoms with van der Waals surface area (Å²) in [5.74, 6) is 1.87. The summed E-state index contributed by atoms with van der Waals surface area (Å²) in [7, 11) is 0. The molecule has 4 heteroatoms. The fourth-order valence-corrected chi connectivity index (χ4v) is 2.70. The average Bonchev–Trinajstić information content (AvgIpc) is 3.21. The predicted octanol–water partition coefficient (Wildman–Crippen LogP) is 4.51. The van der Waals surface area contributed by atoms with Crippen molar-refractivity contribution in [3.63, 3.8) is 0 Å². The number of aryl methyl sites for hydroxylation is 1. The SMILES string of the molecule is Cc1ccc2nc(-c3ccccc3)c(NCc3ccco3)n2c1. The van der Waals surface area contributed by atoms with Gasteiger partial charge in [0, 0.05) is 11.8 Å². The first kappa shape index (κ1) is 13.6. The summed E-state index contributed by atoms with van der Waals surface area (Å²) in [6.45, 7) is 2.70. The maximum atomic E-state index is 5.42. The molecule has 4 nitrogen and oxygen atoms in total. The Morgan fingerprint density at radius 2 is 1.91 bits per heavy atom. The highest BCUT2D eigenvalue weighted by molar-refractivity contribution is 5.76. The summed E-state index contributed by atoms with van der Waals surface area (Å²) < 4.78 is 7.52.